The molecular formula is C13H18N2O3. The van der Waals surface area contributed by atoms with Crippen molar-refractivity contribution in [3.05, 3.63) is 29.3 Å². The van der Waals surface area contributed by atoms with Gasteiger partial charge in [0.2, 0.25) is 11.8 Å². The molecule has 5 heteroatoms. The average molecular weight is 250 g/mol. The Bertz CT molecular complexity index is 424. The summed E-state index contributed by atoms with van der Waals surface area (Å²) in [5, 5.41) is 2.40. The molecule has 0 aliphatic rings. The lowest BCUT2D eigenvalue weighted by molar-refractivity contribution is -0.125. The fourth-order valence-corrected chi connectivity index (χ4v) is 1.55. The Balaban J connectivity index is 2.38. The van der Waals surface area contributed by atoms with Crippen LogP contribution in [0.5, 0.6) is 5.75 Å². The molecule has 0 spiro atoms. The fourth-order valence-electron chi connectivity index (χ4n) is 1.55. The number of benzene rings is 1. The Morgan fingerprint density at radius 2 is 1.89 bits per heavy atom. The molecule has 5 nitrogen and oxygen atoms in total. The average Bonchev–Trinajstić information content (AvgIpc) is 2.30. The molecule has 2 amide bonds. The summed E-state index contributed by atoms with van der Waals surface area (Å²) in [6.07, 6.45) is 0.195. The van der Waals surface area contributed by atoms with Crippen molar-refractivity contribution in [2.24, 2.45) is 5.73 Å². The van der Waals surface area contributed by atoms with Crippen LogP contribution in [0.2, 0.25) is 0 Å². The standard InChI is InChI=1S/C13H18N2O3/c1-9-4-3-5-10(2)13(9)18-7-6-12(17)15-8-11(14)16/h3-5H,6-8H2,1-2H3,(H2,14,16)(H,15,17). The molecule has 0 radical (unpaired) electrons. The molecule has 0 unspecified atom stereocenters. The summed E-state index contributed by atoms with van der Waals surface area (Å²) < 4.78 is 5.57. The summed E-state index contributed by atoms with van der Waals surface area (Å²) in [6.45, 7) is 4.05. The minimum atomic E-state index is -0.556. The smallest absolute Gasteiger partial charge is 0.236 e. The largest absolute Gasteiger partial charge is 0.493 e. The van der Waals surface area contributed by atoms with Gasteiger partial charge in [-0.3, -0.25) is 9.59 Å². The van der Waals surface area contributed by atoms with Gasteiger partial charge in [0.05, 0.1) is 19.6 Å². The number of nitrogens with two attached hydrogens (primary N) is 1. The molecule has 1 rings (SSSR count). The van der Waals surface area contributed by atoms with Crippen molar-refractivity contribution >= 4 is 11.8 Å². The molecule has 1 aromatic carbocycles. The Morgan fingerprint density at radius 1 is 1.28 bits per heavy atom. The Hall–Kier alpha value is -2.04. The fraction of sp³-hybridized carbons (Fsp3) is 0.385. The second kappa shape index (κ2) is 6.64. The van der Waals surface area contributed by atoms with Crippen LogP contribution in [0.25, 0.3) is 0 Å². The first-order chi connectivity index (χ1) is 8.50. The van der Waals surface area contributed by atoms with E-state index >= 15 is 0 Å². The van der Waals surface area contributed by atoms with Crippen LogP contribution in [0.15, 0.2) is 18.2 Å². The lowest BCUT2D eigenvalue weighted by atomic mass is 10.1. The van der Waals surface area contributed by atoms with E-state index in [4.69, 9.17) is 10.5 Å². The lowest BCUT2D eigenvalue weighted by Gasteiger charge is -2.11. The number of amides is 2. The van der Waals surface area contributed by atoms with E-state index in [1.54, 1.807) is 0 Å². The number of rotatable bonds is 6. The zero-order valence-corrected chi connectivity index (χ0v) is 10.7. The van der Waals surface area contributed by atoms with Crippen LogP contribution in [0.1, 0.15) is 17.5 Å². The molecule has 1 aromatic rings. The molecule has 0 aliphatic heterocycles. The van der Waals surface area contributed by atoms with Gasteiger partial charge in [0.15, 0.2) is 0 Å². The summed E-state index contributed by atoms with van der Waals surface area (Å²) >= 11 is 0. The first-order valence-electron chi connectivity index (χ1n) is 5.74. The van der Waals surface area contributed by atoms with Crippen molar-refractivity contribution in [2.45, 2.75) is 20.3 Å². The maximum absolute atomic E-state index is 11.3. The maximum Gasteiger partial charge on any atom is 0.236 e. The van der Waals surface area contributed by atoms with Crippen LogP contribution < -0.4 is 15.8 Å². The molecule has 0 saturated heterocycles. The van der Waals surface area contributed by atoms with E-state index in [1.165, 1.54) is 0 Å². The van der Waals surface area contributed by atoms with Gasteiger partial charge in [-0.2, -0.15) is 0 Å². The molecule has 0 bridgehead atoms. The summed E-state index contributed by atoms with van der Waals surface area (Å²) in [7, 11) is 0. The van der Waals surface area contributed by atoms with Crippen LogP contribution in [0.4, 0.5) is 0 Å². The minimum absolute atomic E-state index is 0.137. The molecule has 3 N–H and O–H groups in total. The van der Waals surface area contributed by atoms with Crippen LogP contribution >= 0.6 is 0 Å². The van der Waals surface area contributed by atoms with Gasteiger partial charge in [0, 0.05) is 0 Å². The Kier molecular flexibility index (Phi) is 5.17. The first kappa shape index (κ1) is 14.0. The highest BCUT2D eigenvalue weighted by atomic mass is 16.5. The highest BCUT2D eigenvalue weighted by Gasteiger charge is 2.06. The maximum atomic E-state index is 11.3. The topological polar surface area (TPSA) is 81.4 Å². The summed E-state index contributed by atoms with van der Waals surface area (Å²) in [5.41, 5.74) is 6.98. The summed E-state index contributed by atoms with van der Waals surface area (Å²) in [6, 6.07) is 5.86. The van der Waals surface area contributed by atoms with E-state index in [9.17, 15) is 9.59 Å². The van der Waals surface area contributed by atoms with E-state index in [-0.39, 0.29) is 25.5 Å². The third kappa shape index (κ3) is 4.45. The number of hydrogen-bond donors (Lipinski definition) is 2. The Morgan fingerprint density at radius 3 is 2.44 bits per heavy atom. The number of carbonyl (C=O) groups excluding carboxylic acids is 2. The number of hydrogen-bond acceptors (Lipinski definition) is 3. The molecule has 0 aromatic heterocycles. The van der Waals surface area contributed by atoms with Crippen LogP contribution in [0.3, 0.4) is 0 Å². The van der Waals surface area contributed by atoms with E-state index in [0.717, 1.165) is 16.9 Å². The minimum Gasteiger partial charge on any atom is -0.493 e. The highest BCUT2D eigenvalue weighted by molar-refractivity contribution is 5.83. The number of carbonyl (C=O) groups is 2. The highest BCUT2D eigenvalue weighted by Crippen LogP contribution is 2.22. The van der Waals surface area contributed by atoms with Crippen molar-refractivity contribution in [2.75, 3.05) is 13.2 Å². The second-order valence-electron chi connectivity index (χ2n) is 4.06. The molecular weight excluding hydrogens is 232 g/mol. The SMILES string of the molecule is Cc1cccc(C)c1OCCC(=O)NCC(N)=O. The van der Waals surface area contributed by atoms with Crippen molar-refractivity contribution in [1.82, 2.24) is 5.32 Å². The third-order valence-corrected chi connectivity index (χ3v) is 2.44. The van der Waals surface area contributed by atoms with Gasteiger partial charge < -0.3 is 15.8 Å². The van der Waals surface area contributed by atoms with Gasteiger partial charge in [0.1, 0.15) is 5.75 Å². The number of para-hydroxylation sites is 1. The molecule has 98 valence electrons. The summed E-state index contributed by atoms with van der Waals surface area (Å²) in [4.78, 5) is 21.8. The van der Waals surface area contributed by atoms with Crippen LogP contribution in [0, 0.1) is 13.8 Å². The van der Waals surface area contributed by atoms with E-state index in [2.05, 4.69) is 5.32 Å². The van der Waals surface area contributed by atoms with Crippen molar-refractivity contribution in [1.29, 1.82) is 0 Å². The number of nitrogens with one attached hydrogen (secondary N) is 1. The van der Waals surface area contributed by atoms with Gasteiger partial charge >= 0.3 is 0 Å². The molecule has 0 fully saturated rings. The third-order valence-electron chi connectivity index (χ3n) is 2.44. The van der Waals surface area contributed by atoms with Gasteiger partial charge in [-0.05, 0) is 25.0 Å². The molecule has 0 aliphatic carbocycles. The monoisotopic (exact) mass is 250 g/mol. The number of aryl methyl sites for hydroxylation is 2. The normalized spacial score (nSPS) is 9.89. The number of ether oxygens (including phenoxy) is 1. The van der Waals surface area contributed by atoms with Gasteiger partial charge in [-0.15, -0.1) is 0 Å². The first-order valence-corrected chi connectivity index (χ1v) is 5.74. The second-order valence-corrected chi connectivity index (χ2v) is 4.06. The van der Waals surface area contributed by atoms with Crippen molar-refractivity contribution < 1.29 is 14.3 Å². The van der Waals surface area contributed by atoms with E-state index in [1.807, 2.05) is 32.0 Å². The van der Waals surface area contributed by atoms with Gasteiger partial charge in [-0.25, -0.2) is 0 Å². The predicted octanol–water partition coefficient (Wildman–Crippen LogP) is 0.674. The zero-order chi connectivity index (χ0) is 13.5. The molecule has 0 atom stereocenters. The summed E-state index contributed by atoms with van der Waals surface area (Å²) in [5.74, 6) is -0.000690. The molecule has 18 heavy (non-hydrogen) atoms. The lowest BCUT2D eigenvalue weighted by Crippen LogP contribution is -2.33. The molecule has 0 saturated carbocycles. The van der Waals surface area contributed by atoms with Crippen LogP contribution in [-0.4, -0.2) is 25.0 Å². The van der Waals surface area contributed by atoms with Gasteiger partial charge in [0.25, 0.3) is 0 Å². The van der Waals surface area contributed by atoms with Crippen molar-refractivity contribution in [3.63, 3.8) is 0 Å². The Labute approximate surface area is 106 Å². The van der Waals surface area contributed by atoms with E-state index < -0.39 is 5.91 Å². The zero-order valence-electron chi connectivity index (χ0n) is 10.7. The molecule has 0 heterocycles. The van der Waals surface area contributed by atoms with Crippen molar-refractivity contribution in [3.8, 4) is 5.75 Å². The number of primary amides is 1. The quantitative estimate of drug-likeness (QED) is 0.778. The van der Waals surface area contributed by atoms with Crippen LogP contribution in [-0.2, 0) is 9.59 Å². The van der Waals surface area contributed by atoms with Gasteiger partial charge in [-0.1, -0.05) is 18.2 Å². The predicted molar refractivity (Wildman–Crippen MR) is 68.2 cm³/mol. The van der Waals surface area contributed by atoms with E-state index in [0.29, 0.717) is 0 Å².